The number of fused-ring (bicyclic) bond motifs is 1. The van der Waals surface area contributed by atoms with E-state index in [4.69, 9.17) is 11.6 Å². The molecule has 2 fully saturated rings. The molecule has 2 aliphatic rings. The third-order valence-corrected chi connectivity index (χ3v) is 5.57. The second-order valence-corrected chi connectivity index (χ2v) is 6.91. The van der Waals surface area contributed by atoms with Crippen LogP contribution in [0.25, 0.3) is 0 Å². The number of hydrogen-bond donors (Lipinski definition) is 1. The Morgan fingerprint density at radius 3 is 2.90 bits per heavy atom. The van der Waals surface area contributed by atoms with E-state index in [0.29, 0.717) is 23.0 Å². The lowest BCUT2D eigenvalue weighted by molar-refractivity contribution is 0.0752. The van der Waals surface area contributed by atoms with Crippen LogP contribution in [0, 0.1) is 11.8 Å². The summed E-state index contributed by atoms with van der Waals surface area (Å²) in [6.45, 7) is 1.41. The number of thioether (sulfide) groups is 1. The Bertz CT molecular complexity index is 537. The Balaban J connectivity index is 1.80. The van der Waals surface area contributed by atoms with E-state index in [1.807, 2.05) is 23.3 Å². The van der Waals surface area contributed by atoms with Gasteiger partial charge in [-0.3, -0.25) is 4.79 Å². The van der Waals surface area contributed by atoms with Crippen LogP contribution in [0.1, 0.15) is 23.2 Å². The number of benzene rings is 1. The summed E-state index contributed by atoms with van der Waals surface area (Å²) in [4.78, 5) is 15.5. The van der Waals surface area contributed by atoms with Crippen LogP contribution < -0.4 is 0 Å². The minimum atomic E-state index is -0.245. The summed E-state index contributed by atoms with van der Waals surface area (Å²) < 4.78 is 0. The Morgan fingerprint density at radius 1 is 1.40 bits per heavy atom. The van der Waals surface area contributed by atoms with Crippen molar-refractivity contribution < 1.29 is 9.90 Å². The van der Waals surface area contributed by atoms with E-state index >= 15 is 0 Å². The fraction of sp³-hybridized carbons (Fsp3) is 0.533. The van der Waals surface area contributed by atoms with Crippen LogP contribution in [-0.4, -0.2) is 41.4 Å². The Hall–Kier alpha value is -0.710. The number of halogens is 1. The molecule has 108 valence electrons. The average molecular weight is 312 g/mol. The summed E-state index contributed by atoms with van der Waals surface area (Å²) in [5, 5.41) is 10.4. The molecular weight excluding hydrogens is 294 g/mol. The first-order valence-corrected chi connectivity index (χ1v) is 8.51. The van der Waals surface area contributed by atoms with Gasteiger partial charge in [0.2, 0.25) is 0 Å². The summed E-state index contributed by atoms with van der Waals surface area (Å²) in [6.07, 6.45) is 3.63. The van der Waals surface area contributed by atoms with Crippen molar-refractivity contribution in [3.8, 4) is 0 Å². The molecule has 1 heterocycles. The molecule has 1 aliphatic heterocycles. The van der Waals surface area contributed by atoms with Gasteiger partial charge in [0.05, 0.1) is 16.7 Å². The van der Waals surface area contributed by atoms with Crippen molar-refractivity contribution in [3.05, 3.63) is 28.8 Å². The van der Waals surface area contributed by atoms with Crippen molar-refractivity contribution >= 4 is 29.3 Å². The second-order valence-electron chi connectivity index (χ2n) is 5.62. The summed E-state index contributed by atoms with van der Waals surface area (Å²) in [5.74, 6) is 0.699. The third kappa shape index (κ3) is 2.45. The van der Waals surface area contributed by atoms with Gasteiger partial charge in [0.1, 0.15) is 0 Å². The summed E-state index contributed by atoms with van der Waals surface area (Å²) in [5.41, 5.74) is 0.577. The number of aliphatic hydroxyl groups is 1. The van der Waals surface area contributed by atoms with Gasteiger partial charge in [-0.25, -0.2) is 0 Å². The summed E-state index contributed by atoms with van der Waals surface area (Å²) >= 11 is 7.77. The SMILES string of the molecule is CSc1ccc(Cl)c(C(=O)N2CC3CCC(O)C3C2)c1. The lowest BCUT2D eigenvalue weighted by Gasteiger charge is -2.19. The second kappa shape index (κ2) is 5.58. The molecular formula is C15H18ClNO2S. The smallest absolute Gasteiger partial charge is 0.255 e. The Morgan fingerprint density at radius 2 is 2.20 bits per heavy atom. The van der Waals surface area contributed by atoms with Crippen molar-refractivity contribution in [3.63, 3.8) is 0 Å². The molecule has 1 aromatic rings. The molecule has 0 bridgehead atoms. The molecule has 3 unspecified atom stereocenters. The van der Waals surface area contributed by atoms with E-state index in [1.165, 1.54) is 0 Å². The third-order valence-electron chi connectivity index (χ3n) is 4.51. The fourth-order valence-electron chi connectivity index (χ4n) is 3.37. The largest absolute Gasteiger partial charge is 0.393 e. The van der Waals surface area contributed by atoms with Gasteiger partial charge in [-0.15, -0.1) is 11.8 Å². The quantitative estimate of drug-likeness (QED) is 0.854. The van der Waals surface area contributed by atoms with Crippen molar-refractivity contribution in [2.24, 2.45) is 11.8 Å². The van der Waals surface area contributed by atoms with Crippen LogP contribution in [0.4, 0.5) is 0 Å². The van der Waals surface area contributed by atoms with Gasteiger partial charge in [-0.1, -0.05) is 11.6 Å². The van der Waals surface area contributed by atoms with Gasteiger partial charge in [-0.05, 0) is 43.2 Å². The number of carbonyl (C=O) groups excluding carboxylic acids is 1. The summed E-state index contributed by atoms with van der Waals surface area (Å²) in [7, 11) is 0. The lowest BCUT2D eigenvalue weighted by Crippen LogP contribution is -2.31. The number of nitrogens with zero attached hydrogens (tertiary/aromatic N) is 1. The highest BCUT2D eigenvalue weighted by Gasteiger charge is 2.43. The molecule has 1 aliphatic carbocycles. The molecule has 0 aromatic heterocycles. The van der Waals surface area contributed by atoms with Crippen LogP contribution in [0.5, 0.6) is 0 Å². The molecule has 1 amide bonds. The highest BCUT2D eigenvalue weighted by molar-refractivity contribution is 7.98. The first kappa shape index (κ1) is 14.2. The van der Waals surface area contributed by atoms with Crippen LogP contribution >= 0.6 is 23.4 Å². The summed E-state index contributed by atoms with van der Waals surface area (Å²) in [6, 6.07) is 5.57. The Kier molecular flexibility index (Phi) is 3.98. The number of aliphatic hydroxyl groups excluding tert-OH is 1. The molecule has 1 aromatic carbocycles. The minimum absolute atomic E-state index is 0.00694. The number of rotatable bonds is 2. The van der Waals surface area contributed by atoms with E-state index in [-0.39, 0.29) is 17.9 Å². The van der Waals surface area contributed by atoms with Crippen molar-refractivity contribution in [2.75, 3.05) is 19.3 Å². The van der Waals surface area contributed by atoms with Gasteiger partial charge in [0.15, 0.2) is 0 Å². The highest BCUT2D eigenvalue weighted by Crippen LogP contribution is 2.39. The van der Waals surface area contributed by atoms with Crippen LogP contribution in [0.15, 0.2) is 23.1 Å². The normalized spacial score (nSPS) is 28.8. The van der Waals surface area contributed by atoms with Gasteiger partial charge in [0.25, 0.3) is 5.91 Å². The molecule has 20 heavy (non-hydrogen) atoms. The van der Waals surface area contributed by atoms with Gasteiger partial charge >= 0.3 is 0 Å². The monoisotopic (exact) mass is 311 g/mol. The van der Waals surface area contributed by atoms with Crippen LogP contribution in [-0.2, 0) is 0 Å². The average Bonchev–Trinajstić information content (AvgIpc) is 3.01. The lowest BCUT2D eigenvalue weighted by atomic mass is 10.00. The zero-order valence-corrected chi connectivity index (χ0v) is 13.0. The topological polar surface area (TPSA) is 40.5 Å². The molecule has 3 rings (SSSR count). The van der Waals surface area contributed by atoms with Crippen molar-refractivity contribution in [2.45, 2.75) is 23.8 Å². The predicted molar refractivity (Wildman–Crippen MR) is 81.4 cm³/mol. The maximum Gasteiger partial charge on any atom is 0.255 e. The highest BCUT2D eigenvalue weighted by atomic mass is 35.5. The number of likely N-dealkylation sites (tertiary alicyclic amines) is 1. The number of carbonyl (C=O) groups is 1. The fourth-order valence-corrected chi connectivity index (χ4v) is 4.01. The van der Waals surface area contributed by atoms with Crippen molar-refractivity contribution in [1.82, 2.24) is 4.90 Å². The van der Waals surface area contributed by atoms with Crippen LogP contribution in [0.3, 0.4) is 0 Å². The molecule has 3 nitrogen and oxygen atoms in total. The molecule has 1 saturated carbocycles. The van der Waals surface area contributed by atoms with Crippen molar-refractivity contribution in [1.29, 1.82) is 0 Å². The first-order valence-electron chi connectivity index (χ1n) is 6.91. The predicted octanol–water partition coefficient (Wildman–Crippen LogP) is 2.90. The Labute approximate surface area is 128 Å². The zero-order valence-electron chi connectivity index (χ0n) is 11.4. The molecule has 0 radical (unpaired) electrons. The maximum absolute atomic E-state index is 12.6. The van der Waals surface area contributed by atoms with Gasteiger partial charge in [0, 0.05) is 23.9 Å². The molecule has 5 heteroatoms. The standard InChI is InChI=1S/C15H18ClNO2S/c1-20-10-3-4-13(16)11(6-10)15(19)17-7-9-2-5-14(18)12(9)8-17/h3-4,6,9,12,14,18H,2,5,7-8H2,1H3. The first-order chi connectivity index (χ1) is 9.60. The van der Waals surface area contributed by atoms with Crippen LogP contribution in [0.2, 0.25) is 5.02 Å². The minimum Gasteiger partial charge on any atom is -0.393 e. The molecule has 1 saturated heterocycles. The van der Waals surface area contributed by atoms with E-state index in [0.717, 1.165) is 24.3 Å². The van der Waals surface area contributed by atoms with E-state index in [2.05, 4.69) is 0 Å². The molecule has 3 atom stereocenters. The molecule has 0 spiro atoms. The van der Waals surface area contributed by atoms with E-state index in [1.54, 1.807) is 17.8 Å². The number of hydrogen-bond acceptors (Lipinski definition) is 3. The number of amides is 1. The maximum atomic E-state index is 12.6. The van der Waals surface area contributed by atoms with E-state index < -0.39 is 0 Å². The van der Waals surface area contributed by atoms with Gasteiger partial charge < -0.3 is 10.0 Å². The van der Waals surface area contributed by atoms with Gasteiger partial charge in [-0.2, -0.15) is 0 Å². The van der Waals surface area contributed by atoms with E-state index in [9.17, 15) is 9.90 Å². The zero-order chi connectivity index (χ0) is 14.3. The molecule has 1 N–H and O–H groups in total.